The second kappa shape index (κ2) is 8.19. The van der Waals surface area contributed by atoms with Crippen molar-refractivity contribution < 1.29 is 54.2 Å². The van der Waals surface area contributed by atoms with E-state index in [-0.39, 0.29) is 56.0 Å². The molecule has 74 valence electrons. The van der Waals surface area contributed by atoms with Crippen molar-refractivity contribution in [2.24, 2.45) is 5.92 Å². The summed E-state index contributed by atoms with van der Waals surface area (Å²) in [5.41, 5.74) is 9.97. The summed E-state index contributed by atoms with van der Waals surface area (Å²) < 4.78 is 0. The smallest absolute Gasteiger partial charge is 1.00 e. The Balaban J connectivity index is -0.000000403. The van der Waals surface area contributed by atoms with E-state index < -0.39 is 0 Å². The largest absolute Gasteiger partial charge is 2.00 e. The molecular weight excluding hydrogens is 276 g/mol. The first-order chi connectivity index (χ1) is 5.15. The topological polar surface area (TPSA) is 56.6 Å². The van der Waals surface area contributed by atoms with Gasteiger partial charge in [0.2, 0.25) is 0 Å². The molecule has 0 fully saturated rings. The standard InChI is InChI=1S/C8H10N2O.2ClH.Zn/c1-5-3-7(11)4-6(2)8(5)10-9;;;/h3-5,11H,1-2H3;2*1H;/q;;;+2/p-2. The number of halogens is 2. The quantitative estimate of drug-likeness (QED) is 0.273. The van der Waals surface area contributed by atoms with Gasteiger partial charge >= 0.3 is 25.2 Å². The molecule has 1 aliphatic rings. The van der Waals surface area contributed by atoms with Gasteiger partial charge in [0, 0.05) is 5.57 Å². The molecule has 1 rings (SSSR count). The zero-order chi connectivity index (χ0) is 8.43. The van der Waals surface area contributed by atoms with E-state index in [1.54, 1.807) is 19.1 Å². The third-order valence-electron chi connectivity index (χ3n) is 1.73. The van der Waals surface area contributed by atoms with Crippen LogP contribution in [0.1, 0.15) is 13.8 Å². The third-order valence-corrected chi connectivity index (χ3v) is 1.73. The second-order valence-electron chi connectivity index (χ2n) is 2.69. The Kier molecular flexibility index (Phi) is 11.4. The Morgan fingerprint density at radius 1 is 1.43 bits per heavy atom. The van der Waals surface area contributed by atoms with Crippen LogP contribution in [0, 0.1) is 5.92 Å². The van der Waals surface area contributed by atoms with Gasteiger partial charge in [0.15, 0.2) is 0 Å². The molecule has 0 saturated heterocycles. The number of aliphatic hydroxyl groups excluding tert-OH is 1. The van der Waals surface area contributed by atoms with E-state index in [1.165, 1.54) is 0 Å². The molecule has 1 aliphatic carbocycles. The normalized spacial score (nSPS) is 18.7. The van der Waals surface area contributed by atoms with Gasteiger partial charge in [-0.3, -0.25) is 0 Å². The number of hydrogen-bond donors (Lipinski definition) is 1. The van der Waals surface area contributed by atoms with Crippen molar-refractivity contribution in [2.45, 2.75) is 13.8 Å². The first-order valence-electron chi connectivity index (χ1n) is 3.46. The molecule has 0 aromatic heterocycles. The van der Waals surface area contributed by atoms with Crippen LogP contribution in [0.15, 0.2) is 23.5 Å². The van der Waals surface area contributed by atoms with Crippen molar-refractivity contribution in [3.63, 3.8) is 0 Å². The molecule has 0 saturated carbocycles. The molecule has 1 unspecified atom stereocenters. The minimum atomic E-state index is -0.00926. The van der Waals surface area contributed by atoms with Crippen molar-refractivity contribution in [3.05, 3.63) is 29.0 Å². The summed E-state index contributed by atoms with van der Waals surface area (Å²) in [5, 5.41) is 9.11. The van der Waals surface area contributed by atoms with E-state index in [0.29, 0.717) is 5.71 Å². The van der Waals surface area contributed by atoms with Crippen molar-refractivity contribution in [1.82, 2.24) is 0 Å². The van der Waals surface area contributed by atoms with Crippen molar-refractivity contribution in [3.8, 4) is 0 Å². The van der Waals surface area contributed by atoms with Gasteiger partial charge in [-0.05, 0) is 26.0 Å². The van der Waals surface area contributed by atoms with E-state index in [0.717, 1.165) is 5.57 Å². The van der Waals surface area contributed by atoms with Gasteiger partial charge in [-0.25, -0.2) is 0 Å². The summed E-state index contributed by atoms with van der Waals surface area (Å²) in [7, 11) is 0. The fourth-order valence-corrected chi connectivity index (χ4v) is 1.21. The monoisotopic (exact) mass is 284 g/mol. The maximum atomic E-state index is 9.11. The van der Waals surface area contributed by atoms with Gasteiger partial charge in [0.05, 0.1) is 5.92 Å². The predicted octanol–water partition coefficient (Wildman–Crippen LogP) is -4.30. The minimum absolute atomic E-state index is 0. The maximum Gasteiger partial charge on any atom is 2.00 e. The Morgan fingerprint density at radius 3 is 2.29 bits per heavy atom. The summed E-state index contributed by atoms with van der Waals surface area (Å²) in [6, 6.07) is 0. The summed E-state index contributed by atoms with van der Waals surface area (Å²) in [4.78, 5) is 3.14. The molecule has 6 heteroatoms. The fraction of sp³-hybridized carbons (Fsp3) is 0.375. The van der Waals surface area contributed by atoms with Crippen LogP contribution in [0.2, 0.25) is 0 Å². The number of nitrogens with zero attached hydrogens (tertiary/aromatic N) is 2. The van der Waals surface area contributed by atoms with E-state index in [9.17, 15) is 0 Å². The van der Waals surface area contributed by atoms with Crippen LogP contribution in [0.25, 0.3) is 5.53 Å². The zero-order valence-electron chi connectivity index (χ0n) is 8.04. The van der Waals surface area contributed by atoms with E-state index in [2.05, 4.69) is 4.79 Å². The molecule has 14 heavy (non-hydrogen) atoms. The molecule has 3 nitrogen and oxygen atoms in total. The van der Waals surface area contributed by atoms with Crippen LogP contribution in [0.5, 0.6) is 0 Å². The molecular formula is C8H10Cl2N2OZn. The number of aliphatic hydroxyl groups is 1. The molecule has 1 atom stereocenters. The average Bonchev–Trinajstić information content (AvgIpc) is 1.85. The molecule has 0 aliphatic heterocycles. The summed E-state index contributed by atoms with van der Waals surface area (Å²) in [6.45, 7) is 3.66. The Hall–Kier alpha value is -0.137. The molecule has 0 spiro atoms. The Bertz CT molecular complexity index is 296. The van der Waals surface area contributed by atoms with Crippen LogP contribution in [0.3, 0.4) is 0 Å². The van der Waals surface area contributed by atoms with Gasteiger partial charge in [-0.2, -0.15) is 4.79 Å². The second-order valence-corrected chi connectivity index (χ2v) is 2.69. The number of hydrogen-bond acceptors (Lipinski definition) is 1. The van der Waals surface area contributed by atoms with Gasteiger partial charge in [0.1, 0.15) is 5.76 Å². The van der Waals surface area contributed by atoms with E-state index in [4.69, 9.17) is 10.6 Å². The predicted molar refractivity (Wildman–Crippen MR) is 42.3 cm³/mol. The molecule has 0 amide bonds. The SMILES string of the molecule is CC1=CC(O)=CC(C)C1=[N+]=[N-].[Cl-].[Cl-].[Zn+2]. The number of allylic oxidation sites excluding steroid dienone is 3. The van der Waals surface area contributed by atoms with Gasteiger partial charge in [-0.1, -0.05) is 0 Å². The molecule has 0 heterocycles. The van der Waals surface area contributed by atoms with Crippen LogP contribution >= 0.6 is 0 Å². The Morgan fingerprint density at radius 2 is 1.93 bits per heavy atom. The van der Waals surface area contributed by atoms with Crippen molar-refractivity contribution >= 4 is 5.71 Å². The van der Waals surface area contributed by atoms with Gasteiger partial charge < -0.3 is 35.5 Å². The van der Waals surface area contributed by atoms with Gasteiger partial charge in [-0.15, -0.1) is 0 Å². The molecule has 0 aromatic carbocycles. The summed E-state index contributed by atoms with van der Waals surface area (Å²) in [6.07, 6.45) is 3.22. The fourth-order valence-electron chi connectivity index (χ4n) is 1.21. The van der Waals surface area contributed by atoms with E-state index in [1.807, 2.05) is 6.92 Å². The van der Waals surface area contributed by atoms with Crippen LogP contribution in [0.4, 0.5) is 0 Å². The van der Waals surface area contributed by atoms with Crippen molar-refractivity contribution in [2.75, 3.05) is 0 Å². The minimum Gasteiger partial charge on any atom is -1.00 e. The van der Waals surface area contributed by atoms with E-state index >= 15 is 0 Å². The number of rotatable bonds is 0. The summed E-state index contributed by atoms with van der Waals surface area (Å²) >= 11 is 0. The molecule has 0 radical (unpaired) electrons. The zero-order valence-corrected chi connectivity index (χ0v) is 12.5. The Labute approximate surface area is 108 Å². The molecule has 1 N–H and O–H groups in total. The average molecular weight is 286 g/mol. The third kappa shape index (κ3) is 4.39. The molecule has 0 bridgehead atoms. The summed E-state index contributed by atoms with van der Waals surface area (Å²) in [5.74, 6) is 0.229. The van der Waals surface area contributed by atoms with Crippen LogP contribution < -0.4 is 24.8 Å². The van der Waals surface area contributed by atoms with Crippen LogP contribution in [-0.4, -0.2) is 15.6 Å². The van der Waals surface area contributed by atoms with Gasteiger partial charge in [0.25, 0.3) is 0 Å². The van der Waals surface area contributed by atoms with Crippen molar-refractivity contribution in [1.29, 1.82) is 0 Å². The molecule has 0 aromatic rings. The first-order valence-corrected chi connectivity index (χ1v) is 3.46. The maximum absolute atomic E-state index is 9.11. The first kappa shape index (κ1) is 19.4. The van der Waals surface area contributed by atoms with Crippen LogP contribution in [-0.2, 0) is 19.5 Å².